The van der Waals surface area contributed by atoms with Crippen molar-refractivity contribution in [3.8, 4) is 11.5 Å². The van der Waals surface area contributed by atoms with E-state index >= 15 is 0 Å². The average molecular weight is 296 g/mol. The van der Waals surface area contributed by atoms with E-state index in [2.05, 4.69) is 5.32 Å². The number of amides is 1. The Hall–Kier alpha value is -2.31. The SMILES string of the molecule is COc1ccc(OCC(=O)N[C@@H](C)C(C)C)c([N+](=O)[O-])c1. The van der Waals surface area contributed by atoms with Crippen LogP contribution in [0.1, 0.15) is 20.8 Å². The number of nitrogens with zero attached hydrogens (tertiary/aromatic N) is 1. The smallest absolute Gasteiger partial charge is 0.314 e. The number of hydrogen-bond donors (Lipinski definition) is 1. The molecule has 1 rings (SSSR count). The lowest BCUT2D eigenvalue weighted by molar-refractivity contribution is -0.385. The second-order valence-corrected chi connectivity index (χ2v) is 4.98. The molecule has 0 fully saturated rings. The van der Waals surface area contributed by atoms with E-state index in [1.807, 2.05) is 20.8 Å². The van der Waals surface area contributed by atoms with Gasteiger partial charge in [0.1, 0.15) is 5.75 Å². The van der Waals surface area contributed by atoms with E-state index in [4.69, 9.17) is 9.47 Å². The Balaban J connectivity index is 2.71. The number of nitrogens with one attached hydrogen (secondary N) is 1. The Morgan fingerprint density at radius 3 is 2.57 bits per heavy atom. The highest BCUT2D eigenvalue weighted by molar-refractivity contribution is 5.78. The van der Waals surface area contributed by atoms with Crippen molar-refractivity contribution in [2.45, 2.75) is 26.8 Å². The Labute approximate surface area is 123 Å². The topological polar surface area (TPSA) is 90.7 Å². The van der Waals surface area contributed by atoms with Crippen LogP contribution >= 0.6 is 0 Å². The van der Waals surface area contributed by atoms with Crippen LogP contribution in [0.4, 0.5) is 5.69 Å². The zero-order valence-corrected chi connectivity index (χ0v) is 12.6. The summed E-state index contributed by atoms with van der Waals surface area (Å²) < 4.78 is 10.2. The van der Waals surface area contributed by atoms with Crippen LogP contribution in [0.5, 0.6) is 11.5 Å². The van der Waals surface area contributed by atoms with Crippen LogP contribution < -0.4 is 14.8 Å². The summed E-state index contributed by atoms with van der Waals surface area (Å²) in [4.78, 5) is 22.1. The molecule has 0 heterocycles. The molecule has 0 aliphatic rings. The van der Waals surface area contributed by atoms with Crippen LogP contribution in [0.3, 0.4) is 0 Å². The number of nitro groups is 1. The molecule has 0 radical (unpaired) electrons. The van der Waals surface area contributed by atoms with E-state index in [0.29, 0.717) is 11.7 Å². The van der Waals surface area contributed by atoms with Crippen LogP contribution in [-0.2, 0) is 4.79 Å². The van der Waals surface area contributed by atoms with Crippen molar-refractivity contribution in [2.75, 3.05) is 13.7 Å². The van der Waals surface area contributed by atoms with E-state index in [1.54, 1.807) is 0 Å². The van der Waals surface area contributed by atoms with Crippen molar-refractivity contribution in [1.29, 1.82) is 0 Å². The molecule has 21 heavy (non-hydrogen) atoms. The highest BCUT2D eigenvalue weighted by atomic mass is 16.6. The van der Waals surface area contributed by atoms with E-state index in [-0.39, 0.29) is 30.0 Å². The van der Waals surface area contributed by atoms with Crippen LogP contribution in [0.25, 0.3) is 0 Å². The normalized spacial score (nSPS) is 11.9. The van der Waals surface area contributed by atoms with Gasteiger partial charge in [-0.1, -0.05) is 13.8 Å². The molecular formula is C14H20N2O5. The zero-order chi connectivity index (χ0) is 16.0. The Morgan fingerprint density at radius 2 is 2.05 bits per heavy atom. The monoisotopic (exact) mass is 296 g/mol. The van der Waals surface area contributed by atoms with Crippen LogP contribution in [-0.4, -0.2) is 30.6 Å². The first kappa shape index (κ1) is 16.7. The lowest BCUT2D eigenvalue weighted by atomic mass is 10.1. The quantitative estimate of drug-likeness (QED) is 0.615. The van der Waals surface area contributed by atoms with Gasteiger partial charge in [0.15, 0.2) is 12.4 Å². The fraction of sp³-hybridized carbons (Fsp3) is 0.500. The second-order valence-electron chi connectivity index (χ2n) is 4.98. The molecule has 7 nitrogen and oxygen atoms in total. The minimum atomic E-state index is -0.577. The van der Waals surface area contributed by atoms with Gasteiger partial charge in [0.25, 0.3) is 5.91 Å². The first-order valence-corrected chi connectivity index (χ1v) is 6.59. The third kappa shape index (κ3) is 4.94. The molecule has 1 aromatic carbocycles. The van der Waals surface area contributed by atoms with E-state index < -0.39 is 4.92 Å². The first-order valence-electron chi connectivity index (χ1n) is 6.59. The second kappa shape index (κ2) is 7.47. The van der Waals surface area contributed by atoms with Crippen molar-refractivity contribution in [3.05, 3.63) is 28.3 Å². The number of ether oxygens (including phenoxy) is 2. The maximum atomic E-state index is 11.7. The van der Waals surface area contributed by atoms with Gasteiger partial charge in [-0.15, -0.1) is 0 Å². The third-order valence-electron chi connectivity index (χ3n) is 3.11. The van der Waals surface area contributed by atoms with Gasteiger partial charge < -0.3 is 14.8 Å². The van der Waals surface area contributed by atoms with Crippen LogP contribution in [0, 0.1) is 16.0 Å². The van der Waals surface area contributed by atoms with Gasteiger partial charge in [0.2, 0.25) is 0 Å². The van der Waals surface area contributed by atoms with Crippen molar-refractivity contribution in [3.63, 3.8) is 0 Å². The molecule has 0 bridgehead atoms. The summed E-state index contributed by atoms with van der Waals surface area (Å²) >= 11 is 0. The van der Waals surface area contributed by atoms with Gasteiger partial charge >= 0.3 is 5.69 Å². The average Bonchev–Trinajstić information content (AvgIpc) is 2.44. The van der Waals surface area contributed by atoms with E-state index in [1.165, 1.54) is 25.3 Å². The summed E-state index contributed by atoms with van der Waals surface area (Å²) in [5, 5.41) is 13.7. The van der Waals surface area contributed by atoms with Gasteiger partial charge in [0, 0.05) is 6.04 Å². The number of carbonyl (C=O) groups is 1. The molecule has 1 aromatic rings. The zero-order valence-electron chi connectivity index (χ0n) is 12.6. The summed E-state index contributed by atoms with van der Waals surface area (Å²) in [6.45, 7) is 5.59. The van der Waals surface area contributed by atoms with Gasteiger partial charge in [-0.25, -0.2) is 0 Å². The summed E-state index contributed by atoms with van der Waals surface area (Å²) in [6, 6.07) is 4.21. The molecule has 7 heteroatoms. The summed E-state index contributed by atoms with van der Waals surface area (Å²) in [5.41, 5.74) is -0.237. The summed E-state index contributed by atoms with van der Waals surface area (Å²) in [7, 11) is 1.42. The number of benzene rings is 1. The van der Waals surface area contributed by atoms with Gasteiger partial charge in [-0.3, -0.25) is 14.9 Å². The third-order valence-corrected chi connectivity index (χ3v) is 3.11. The largest absolute Gasteiger partial charge is 0.496 e. The molecule has 0 aromatic heterocycles. The minimum absolute atomic E-state index is 0.00644. The molecule has 1 N–H and O–H groups in total. The highest BCUT2D eigenvalue weighted by Gasteiger charge is 2.18. The summed E-state index contributed by atoms with van der Waals surface area (Å²) in [5.74, 6) is 0.366. The maximum Gasteiger partial charge on any atom is 0.314 e. The lowest BCUT2D eigenvalue weighted by Gasteiger charge is -2.17. The molecule has 1 amide bonds. The lowest BCUT2D eigenvalue weighted by Crippen LogP contribution is -2.38. The number of methoxy groups -OCH3 is 1. The number of nitro benzene ring substituents is 1. The van der Waals surface area contributed by atoms with Crippen LogP contribution in [0.15, 0.2) is 18.2 Å². The van der Waals surface area contributed by atoms with Gasteiger partial charge in [0.05, 0.1) is 18.1 Å². The number of rotatable bonds is 7. The van der Waals surface area contributed by atoms with Crippen molar-refractivity contribution < 1.29 is 19.2 Å². The summed E-state index contributed by atoms with van der Waals surface area (Å²) in [6.07, 6.45) is 0. The molecule has 0 saturated heterocycles. The van der Waals surface area contributed by atoms with E-state index in [0.717, 1.165) is 0 Å². The Morgan fingerprint density at radius 1 is 1.38 bits per heavy atom. The van der Waals surface area contributed by atoms with Gasteiger partial charge in [-0.2, -0.15) is 0 Å². The van der Waals surface area contributed by atoms with Crippen LogP contribution in [0.2, 0.25) is 0 Å². The predicted octanol–water partition coefficient (Wildman–Crippen LogP) is 2.14. The molecule has 1 atom stereocenters. The van der Waals surface area contributed by atoms with Crippen molar-refractivity contribution in [2.24, 2.45) is 5.92 Å². The fourth-order valence-corrected chi connectivity index (χ4v) is 1.49. The minimum Gasteiger partial charge on any atom is -0.496 e. The maximum absolute atomic E-state index is 11.7. The number of carbonyl (C=O) groups excluding carboxylic acids is 1. The standard InChI is InChI=1S/C14H20N2O5/c1-9(2)10(3)15-14(17)8-21-13-6-5-11(20-4)7-12(13)16(18)19/h5-7,9-10H,8H2,1-4H3,(H,15,17)/t10-/m0/s1. The molecule has 116 valence electrons. The van der Waals surface area contributed by atoms with E-state index in [9.17, 15) is 14.9 Å². The molecular weight excluding hydrogens is 276 g/mol. The molecule has 0 spiro atoms. The fourth-order valence-electron chi connectivity index (χ4n) is 1.49. The molecule has 0 saturated carbocycles. The predicted molar refractivity (Wildman–Crippen MR) is 77.6 cm³/mol. The molecule has 0 unspecified atom stereocenters. The highest BCUT2D eigenvalue weighted by Crippen LogP contribution is 2.30. The Kier molecular flexibility index (Phi) is 5.95. The molecule has 0 aliphatic carbocycles. The van der Waals surface area contributed by atoms with Gasteiger partial charge in [-0.05, 0) is 25.0 Å². The Bertz CT molecular complexity index is 516. The van der Waals surface area contributed by atoms with Crippen molar-refractivity contribution >= 4 is 11.6 Å². The first-order chi connectivity index (χ1) is 9.85. The van der Waals surface area contributed by atoms with Crippen molar-refractivity contribution in [1.82, 2.24) is 5.32 Å². The number of hydrogen-bond acceptors (Lipinski definition) is 5. The molecule has 0 aliphatic heterocycles.